The second-order valence-corrected chi connectivity index (χ2v) is 6.06. The van der Waals surface area contributed by atoms with Crippen LogP contribution in [0.2, 0.25) is 10.0 Å². The summed E-state index contributed by atoms with van der Waals surface area (Å²) < 4.78 is 0. The summed E-state index contributed by atoms with van der Waals surface area (Å²) in [5, 5.41) is 4.04. The average Bonchev–Trinajstić information content (AvgIpc) is 2.95. The van der Waals surface area contributed by atoms with Gasteiger partial charge in [-0.05, 0) is 36.2 Å². The fraction of sp³-hybridized carbons (Fsp3) is 0.176. The molecule has 23 heavy (non-hydrogen) atoms. The predicted molar refractivity (Wildman–Crippen MR) is 92.7 cm³/mol. The quantitative estimate of drug-likeness (QED) is 0.729. The van der Waals surface area contributed by atoms with Gasteiger partial charge in [0.2, 0.25) is 5.91 Å². The summed E-state index contributed by atoms with van der Waals surface area (Å²) in [5.74, 6) is 0.695. The number of nitrogens with one attached hydrogen (secondary N) is 2. The van der Waals surface area contributed by atoms with E-state index in [0.717, 1.165) is 22.4 Å². The Morgan fingerprint density at radius 3 is 2.78 bits per heavy atom. The van der Waals surface area contributed by atoms with Crippen molar-refractivity contribution < 1.29 is 4.79 Å². The Morgan fingerprint density at radius 2 is 2.00 bits per heavy atom. The molecule has 0 fully saturated rings. The van der Waals surface area contributed by atoms with Gasteiger partial charge in [-0.15, -0.1) is 0 Å². The monoisotopic (exact) mass is 347 g/mol. The summed E-state index contributed by atoms with van der Waals surface area (Å²) in [6, 6.07) is 13.1. The van der Waals surface area contributed by atoms with E-state index in [1.807, 2.05) is 30.3 Å². The van der Waals surface area contributed by atoms with Crippen LogP contribution in [0.1, 0.15) is 17.8 Å². The van der Waals surface area contributed by atoms with Gasteiger partial charge in [-0.1, -0.05) is 41.4 Å². The SMILES string of the molecule is O=C(CCc1ccc(Cl)cc1Cl)NCc1nc2ccccc2[nH]1. The number of para-hydroxylation sites is 2. The van der Waals surface area contributed by atoms with Crippen LogP contribution < -0.4 is 5.32 Å². The van der Waals surface area contributed by atoms with Crippen LogP contribution in [0, 0.1) is 0 Å². The molecule has 1 heterocycles. The second-order valence-electron chi connectivity index (χ2n) is 5.21. The number of imidazole rings is 1. The molecular formula is C17H15Cl2N3O. The molecule has 0 radical (unpaired) electrons. The molecule has 2 N–H and O–H groups in total. The summed E-state index contributed by atoms with van der Waals surface area (Å²) in [6.07, 6.45) is 0.934. The van der Waals surface area contributed by atoms with Crippen molar-refractivity contribution in [2.45, 2.75) is 19.4 Å². The van der Waals surface area contributed by atoms with Crippen molar-refractivity contribution >= 4 is 40.1 Å². The summed E-state index contributed by atoms with van der Waals surface area (Å²) in [4.78, 5) is 19.6. The summed E-state index contributed by atoms with van der Waals surface area (Å²) in [5.41, 5.74) is 2.77. The number of carbonyl (C=O) groups excluding carboxylic acids is 1. The molecule has 4 nitrogen and oxygen atoms in total. The number of aryl methyl sites for hydroxylation is 1. The number of H-pyrrole nitrogens is 1. The molecule has 0 saturated carbocycles. The van der Waals surface area contributed by atoms with Crippen molar-refractivity contribution in [1.29, 1.82) is 0 Å². The molecule has 0 bridgehead atoms. The molecule has 0 aliphatic rings. The minimum atomic E-state index is -0.0449. The van der Waals surface area contributed by atoms with E-state index in [1.54, 1.807) is 12.1 Å². The molecule has 3 rings (SSSR count). The number of nitrogens with zero attached hydrogens (tertiary/aromatic N) is 1. The second kappa shape index (κ2) is 7.02. The van der Waals surface area contributed by atoms with Gasteiger partial charge in [0, 0.05) is 16.5 Å². The van der Waals surface area contributed by atoms with Gasteiger partial charge < -0.3 is 10.3 Å². The number of hydrogen-bond acceptors (Lipinski definition) is 2. The van der Waals surface area contributed by atoms with Gasteiger partial charge in [-0.2, -0.15) is 0 Å². The number of hydrogen-bond donors (Lipinski definition) is 2. The Morgan fingerprint density at radius 1 is 1.17 bits per heavy atom. The highest BCUT2D eigenvalue weighted by molar-refractivity contribution is 6.35. The highest BCUT2D eigenvalue weighted by atomic mass is 35.5. The van der Waals surface area contributed by atoms with E-state index in [2.05, 4.69) is 15.3 Å². The highest BCUT2D eigenvalue weighted by Gasteiger charge is 2.07. The van der Waals surface area contributed by atoms with Gasteiger partial charge in [-0.25, -0.2) is 4.98 Å². The van der Waals surface area contributed by atoms with E-state index < -0.39 is 0 Å². The van der Waals surface area contributed by atoms with Crippen LogP contribution in [-0.2, 0) is 17.8 Å². The van der Waals surface area contributed by atoms with Crippen molar-refractivity contribution in [3.63, 3.8) is 0 Å². The Kier molecular flexibility index (Phi) is 4.84. The van der Waals surface area contributed by atoms with Gasteiger partial charge in [0.15, 0.2) is 0 Å². The van der Waals surface area contributed by atoms with Crippen LogP contribution in [0.4, 0.5) is 0 Å². The lowest BCUT2D eigenvalue weighted by Crippen LogP contribution is -2.23. The van der Waals surface area contributed by atoms with E-state index in [1.165, 1.54) is 0 Å². The molecule has 0 aliphatic heterocycles. The first-order valence-corrected chi connectivity index (χ1v) is 8.01. The lowest BCUT2D eigenvalue weighted by molar-refractivity contribution is -0.121. The predicted octanol–water partition coefficient (Wildman–Crippen LogP) is 4.12. The first-order valence-electron chi connectivity index (χ1n) is 7.26. The third-order valence-corrected chi connectivity index (χ3v) is 4.11. The summed E-state index contributed by atoms with van der Waals surface area (Å²) >= 11 is 12.0. The van der Waals surface area contributed by atoms with Crippen LogP contribution in [0.3, 0.4) is 0 Å². The maximum absolute atomic E-state index is 12.0. The highest BCUT2D eigenvalue weighted by Crippen LogP contribution is 2.22. The van der Waals surface area contributed by atoms with E-state index in [4.69, 9.17) is 23.2 Å². The number of fused-ring (bicyclic) bond motifs is 1. The number of halogens is 2. The normalized spacial score (nSPS) is 10.9. The third-order valence-electron chi connectivity index (χ3n) is 3.53. The topological polar surface area (TPSA) is 57.8 Å². The maximum Gasteiger partial charge on any atom is 0.220 e. The number of aromatic nitrogens is 2. The molecule has 0 aliphatic carbocycles. The van der Waals surface area contributed by atoms with Crippen LogP contribution in [0.25, 0.3) is 11.0 Å². The van der Waals surface area contributed by atoms with Crippen LogP contribution in [0.15, 0.2) is 42.5 Å². The van der Waals surface area contributed by atoms with Crippen molar-refractivity contribution in [3.05, 3.63) is 63.9 Å². The van der Waals surface area contributed by atoms with Crippen molar-refractivity contribution in [2.75, 3.05) is 0 Å². The zero-order valence-electron chi connectivity index (χ0n) is 12.3. The fourth-order valence-corrected chi connectivity index (χ4v) is 2.84. The fourth-order valence-electron chi connectivity index (χ4n) is 2.33. The summed E-state index contributed by atoms with van der Waals surface area (Å²) in [6.45, 7) is 0.377. The number of benzene rings is 2. The van der Waals surface area contributed by atoms with Gasteiger partial charge >= 0.3 is 0 Å². The Labute approximate surface area is 143 Å². The smallest absolute Gasteiger partial charge is 0.220 e. The maximum atomic E-state index is 12.0. The van der Waals surface area contributed by atoms with Crippen molar-refractivity contribution in [2.24, 2.45) is 0 Å². The molecule has 1 aromatic heterocycles. The molecule has 2 aromatic carbocycles. The first-order chi connectivity index (χ1) is 11.1. The Hall–Kier alpha value is -2.04. The molecule has 118 valence electrons. The third kappa shape index (κ3) is 4.03. The van der Waals surface area contributed by atoms with E-state index in [9.17, 15) is 4.79 Å². The largest absolute Gasteiger partial charge is 0.349 e. The number of aromatic amines is 1. The molecule has 0 saturated heterocycles. The molecule has 1 amide bonds. The zero-order valence-corrected chi connectivity index (χ0v) is 13.8. The standard InChI is InChI=1S/C17H15Cl2N3O/c18-12-7-5-11(13(19)9-12)6-8-17(23)20-10-16-21-14-3-1-2-4-15(14)22-16/h1-5,7,9H,6,8,10H2,(H,20,23)(H,21,22). The minimum absolute atomic E-state index is 0.0449. The minimum Gasteiger partial charge on any atom is -0.349 e. The molecular weight excluding hydrogens is 333 g/mol. The zero-order chi connectivity index (χ0) is 16.2. The van der Waals surface area contributed by atoms with Crippen LogP contribution in [0.5, 0.6) is 0 Å². The van der Waals surface area contributed by atoms with Crippen LogP contribution >= 0.6 is 23.2 Å². The lowest BCUT2D eigenvalue weighted by atomic mass is 10.1. The summed E-state index contributed by atoms with van der Waals surface area (Å²) in [7, 11) is 0. The van der Waals surface area contributed by atoms with Gasteiger partial charge in [0.1, 0.15) is 5.82 Å². The first kappa shape index (κ1) is 15.8. The Bertz CT molecular complexity index is 812. The number of carbonyl (C=O) groups is 1. The Balaban J connectivity index is 1.53. The lowest BCUT2D eigenvalue weighted by Gasteiger charge is -2.05. The van der Waals surface area contributed by atoms with Gasteiger partial charge in [-0.3, -0.25) is 4.79 Å². The van der Waals surface area contributed by atoms with Crippen LogP contribution in [-0.4, -0.2) is 15.9 Å². The average molecular weight is 348 g/mol. The van der Waals surface area contributed by atoms with Gasteiger partial charge in [0.05, 0.1) is 17.6 Å². The van der Waals surface area contributed by atoms with Crippen molar-refractivity contribution in [3.8, 4) is 0 Å². The molecule has 3 aromatic rings. The number of rotatable bonds is 5. The van der Waals surface area contributed by atoms with Crippen molar-refractivity contribution in [1.82, 2.24) is 15.3 Å². The van der Waals surface area contributed by atoms with Gasteiger partial charge in [0.25, 0.3) is 0 Å². The molecule has 6 heteroatoms. The molecule has 0 unspecified atom stereocenters. The van der Waals surface area contributed by atoms with E-state index in [0.29, 0.717) is 29.4 Å². The molecule has 0 atom stereocenters. The molecule has 0 spiro atoms. The van der Waals surface area contributed by atoms with E-state index in [-0.39, 0.29) is 5.91 Å². The van der Waals surface area contributed by atoms with E-state index >= 15 is 0 Å². The number of amides is 1.